The average Bonchev–Trinajstić information content (AvgIpc) is 2.50. The van der Waals surface area contributed by atoms with Crippen molar-refractivity contribution in [3.63, 3.8) is 0 Å². The van der Waals surface area contributed by atoms with E-state index in [1.165, 1.54) is 6.92 Å². The van der Waals surface area contributed by atoms with Crippen molar-refractivity contribution in [2.24, 2.45) is 17.4 Å². The van der Waals surface area contributed by atoms with Crippen molar-refractivity contribution in [3.05, 3.63) is 0 Å². The summed E-state index contributed by atoms with van der Waals surface area (Å²) >= 11 is 0. The predicted molar refractivity (Wildman–Crippen MR) is 87.5 cm³/mol. The van der Waals surface area contributed by atoms with E-state index in [0.717, 1.165) is 0 Å². The monoisotopic (exact) mass is 330 g/mol. The van der Waals surface area contributed by atoms with Crippen LogP contribution >= 0.6 is 0 Å². The Hall–Kier alpha value is -1.67. The summed E-state index contributed by atoms with van der Waals surface area (Å²) in [4.78, 5) is 35.4. The quantitative estimate of drug-likeness (QED) is 0.324. The largest absolute Gasteiger partial charge is 0.480 e. The number of carboxylic acid groups (broad SMARTS) is 1. The van der Waals surface area contributed by atoms with Gasteiger partial charge in [0.15, 0.2) is 0 Å². The van der Waals surface area contributed by atoms with Crippen molar-refractivity contribution < 1.29 is 19.5 Å². The van der Waals surface area contributed by atoms with Crippen molar-refractivity contribution in [2.45, 2.75) is 64.6 Å². The second kappa shape index (κ2) is 11.0. The Bertz CT molecular complexity index is 401. The molecule has 0 rings (SSSR count). The Morgan fingerprint density at radius 2 is 1.70 bits per heavy atom. The third kappa shape index (κ3) is 7.94. The molecule has 8 heteroatoms. The minimum absolute atomic E-state index is 0.142. The van der Waals surface area contributed by atoms with Gasteiger partial charge in [0, 0.05) is 0 Å². The molecule has 0 aromatic rings. The summed E-state index contributed by atoms with van der Waals surface area (Å²) < 4.78 is 0. The molecule has 0 aliphatic heterocycles. The van der Waals surface area contributed by atoms with Crippen molar-refractivity contribution in [3.8, 4) is 0 Å². The molecule has 4 atom stereocenters. The van der Waals surface area contributed by atoms with Crippen LogP contribution in [0.15, 0.2) is 0 Å². The normalized spacial score (nSPS) is 16.0. The van der Waals surface area contributed by atoms with E-state index in [1.807, 2.05) is 13.8 Å². The Morgan fingerprint density at radius 3 is 2.13 bits per heavy atom. The number of rotatable bonds is 11. The highest BCUT2D eigenvalue weighted by atomic mass is 16.4. The van der Waals surface area contributed by atoms with Crippen LogP contribution in [0, 0.1) is 5.92 Å². The van der Waals surface area contributed by atoms with Crippen LogP contribution in [0.1, 0.15) is 46.5 Å². The summed E-state index contributed by atoms with van der Waals surface area (Å²) in [5.41, 5.74) is 10.9. The molecule has 7 N–H and O–H groups in total. The third-order valence-corrected chi connectivity index (χ3v) is 3.77. The highest BCUT2D eigenvalue weighted by Crippen LogP contribution is 2.10. The summed E-state index contributed by atoms with van der Waals surface area (Å²) in [6, 6.07) is -2.54. The lowest BCUT2D eigenvalue weighted by Gasteiger charge is -2.26. The Balaban J connectivity index is 4.90. The number of carbonyl (C=O) groups excluding carboxylic acids is 2. The standard InChI is InChI=1S/C15H30N4O4/c1-4-9(2)12(19-13(20)10(3)17)14(21)18-11(15(22)23)7-5-6-8-16/h9-12H,4-8,16-17H2,1-3H3,(H,18,21)(H,19,20)(H,22,23). The number of nitrogens with two attached hydrogens (primary N) is 2. The van der Waals surface area contributed by atoms with Crippen LogP contribution in [-0.2, 0) is 14.4 Å². The second-order valence-corrected chi connectivity index (χ2v) is 5.84. The molecule has 0 fully saturated rings. The summed E-state index contributed by atoms with van der Waals surface area (Å²) in [5, 5.41) is 14.3. The van der Waals surface area contributed by atoms with Gasteiger partial charge in [-0.2, -0.15) is 0 Å². The van der Waals surface area contributed by atoms with Crippen LogP contribution in [0.2, 0.25) is 0 Å². The zero-order valence-corrected chi connectivity index (χ0v) is 14.2. The van der Waals surface area contributed by atoms with E-state index in [9.17, 15) is 19.5 Å². The number of carboxylic acids is 1. The number of nitrogens with one attached hydrogen (secondary N) is 2. The molecule has 0 aromatic carbocycles. The van der Waals surface area contributed by atoms with Gasteiger partial charge in [0.25, 0.3) is 0 Å². The molecule has 0 saturated heterocycles. The number of unbranched alkanes of at least 4 members (excludes halogenated alkanes) is 1. The number of hydrogen-bond donors (Lipinski definition) is 5. The molecule has 0 heterocycles. The van der Waals surface area contributed by atoms with Gasteiger partial charge in [-0.3, -0.25) is 9.59 Å². The number of hydrogen-bond acceptors (Lipinski definition) is 5. The maximum absolute atomic E-state index is 12.4. The van der Waals surface area contributed by atoms with Gasteiger partial charge >= 0.3 is 5.97 Å². The fourth-order valence-electron chi connectivity index (χ4n) is 2.00. The van der Waals surface area contributed by atoms with E-state index in [4.69, 9.17) is 11.5 Å². The fraction of sp³-hybridized carbons (Fsp3) is 0.800. The first kappa shape index (κ1) is 21.3. The number of amides is 2. The summed E-state index contributed by atoms with van der Waals surface area (Å²) in [5.74, 6) is -2.19. The Kier molecular flexibility index (Phi) is 10.2. The van der Waals surface area contributed by atoms with Crippen LogP contribution in [0.25, 0.3) is 0 Å². The minimum Gasteiger partial charge on any atom is -0.480 e. The topological polar surface area (TPSA) is 148 Å². The van der Waals surface area contributed by atoms with Gasteiger partial charge in [0.1, 0.15) is 12.1 Å². The Morgan fingerprint density at radius 1 is 1.09 bits per heavy atom. The fourth-order valence-corrected chi connectivity index (χ4v) is 2.00. The molecule has 0 aromatic heterocycles. The van der Waals surface area contributed by atoms with Crippen LogP contribution in [0.5, 0.6) is 0 Å². The van der Waals surface area contributed by atoms with E-state index < -0.39 is 35.9 Å². The van der Waals surface area contributed by atoms with E-state index in [2.05, 4.69) is 10.6 Å². The lowest BCUT2D eigenvalue weighted by molar-refractivity contribution is -0.142. The first-order valence-corrected chi connectivity index (χ1v) is 8.03. The summed E-state index contributed by atoms with van der Waals surface area (Å²) in [6.07, 6.45) is 2.25. The number of aliphatic carboxylic acids is 1. The van der Waals surface area contributed by atoms with Gasteiger partial charge < -0.3 is 27.2 Å². The lowest BCUT2D eigenvalue weighted by Crippen LogP contribution is -2.56. The summed E-state index contributed by atoms with van der Waals surface area (Å²) in [7, 11) is 0. The van der Waals surface area contributed by atoms with E-state index in [-0.39, 0.29) is 5.92 Å². The van der Waals surface area contributed by atoms with E-state index >= 15 is 0 Å². The van der Waals surface area contributed by atoms with Gasteiger partial charge in [-0.05, 0) is 38.6 Å². The van der Waals surface area contributed by atoms with Crippen LogP contribution in [0.4, 0.5) is 0 Å². The third-order valence-electron chi connectivity index (χ3n) is 3.77. The molecular weight excluding hydrogens is 300 g/mol. The zero-order valence-electron chi connectivity index (χ0n) is 14.2. The molecule has 0 aliphatic rings. The van der Waals surface area contributed by atoms with Crippen molar-refractivity contribution >= 4 is 17.8 Å². The Labute approximate surface area is 137 Å². The molecule has 8 nitrogen and oxygen atoms in total. The highest BCUT2D eigenvalue weighted by molar-refractivity contribution is 5.91. The second-order valence-electron chi connectivity index (χ2n) is 5.84. The first-order chi connectivity index (χ1) is 10.7. The van der Waals surface area contributed by atoms with Gasteiger partial charge in [-0.25, -0.2) is 4.79 Å². The molecule has 0 spiro atoms. The molecule has 2 amide bonds. The van der Waals surface area contributed by atoms with Crippen molar-refractivity contribution in [2.75, 3.05) is 6.54 Å². The number of carbonyl (C=O) groups is 3. The van der Waals surface area contributed by atoms with Gasteiger partial charge in [0.2, 0.25) is 11.8 Å². The molecule has 0 radical (unpaired) electrons. The lowest BCUT2D eigenvalue weighted by atomic mass is 9.97. The van der Waals surface area contributed by atoms with E-state index in [0.29, 0.717) is 32.2 Å². The minimum atomic E-state index is -1.10. The molecule has 23 heavy (non-hydrogen) atoms. The maximum atomic E-state index is 12.4. The van der Waals surface area contributed by atoms with E-state index in [1.54, 1.807) is 0 Å². The predicted octanol–water partition coefficient (Wildman–Crippen LogP) is -0.437. The van der Waals surface area contributed by atoms with Crippen LogP contribution in [0.3, 0.4) is 0 Å². The van der Waals surface area contributed by atoms with Crippen molar-refractivity contribution in [1.29, 1.82) is 0 Å². The molecule has 0 bridgehead atoms. The van der Waals surface area contributed by atoms with Gasteiger partial charge in [0.05, 0.1) is 6.04 Å². The molecule has 0 aliphatic carbocycles. The van der Waals surface area contributed by atoms with Gasteiger partial charge in [-0.15, -0.1) is 0 Å². The maximum Gasteiger partial charge on any atom is 0.326 e. The molecular formula is C15H30N4O4. The average molecular weight is 330 g/mol. The first-order valence-electron chi connectivity index (χ1n) is 8.03. The van der Waals surface area contributed by atoms with Crippen LogP contribution in [-0.4, -0.2) is 47.6 Å². The van der Waals surface area contributed by atoms with Crippen molar-refractivity contribution in [1.82, 2.24) is 10.6 Å². The zero-order chi connectivity index (χ0) is 18.0. The van der Waals surface area contributed by atoms with Gasteiger partial charge in [-0.1, -0.05) is 20.3 Å². The molecule has 4 unspecified atom stereocenters. The smallest absolute Gasteiger partial charge is 0.326 e. The SMILES string of the molecule is CCC(C)C(NC(=O)C(C)N)C(=O)NC(CCCCN)C(=O)O. The summed E-state index contributed by atoms with van der Waals surface area (Å²) in [6.45, 7) is 5.70. The molecule has 0 saturated carbocycles. The molecule has 134 valence electrons. The highest BCUT2D eigenvalue weighted by Gasteiger charge is 2.30. The van der Waals surface area contributed by atoms with Crippen LogP contribution < -0.4 is 22.1 Å².